The summed E-state index contributed by atoms with van der Waals surface area (Å²) in [5.41, 5.74) is 3.89. The maximum absolute atomic E-state index is 12.4. The minimum atomic E-state index is -3.03. The quantitative estimate of drug-likeness (QED) is 0.875. The molecule has 8 nitrogen and oxygen atoms in total. The highest BCUT2D eigenvalue weighted by Crippen LogP contribution is 2.42. The number of fused-ring (bicyclic) bond motifs is 1. The third-order valence-corrected chi connectivity index (χ3v) is 7.25. The van der Waals surface area contributed by atoms with E-state index < -0.39 is 9.84 Å². The summed E-state index contributed by atoms with van der Waals surface area (Å²) in [6.07, 6.45) is 2.71. The number of amides is 1. The largest absolute Gasteiger partial charge is 0.311 e. The van der Waals surface area contributed by atoms with Crippen LogP contribution in [0.4, 0.5) is 5.82 Å². The number of aryl methyl sites for hydroxylation is 2. The van der Waals surface area contributed by atoms with E-state index in [9.17, 15) is 13.2 Å². The third kappa shape index (κ3) is 2.65. The van der Waals surface area contributed by atoms with Gasteiger partial charge in [-0.3, -0.25) is 9.48 Å². The number of carbonyl (C=O) groups excluding carboxylic acids is 1. The Morgan fingerprint density at radius 1 is 1.35 bits per heavy atom. The van der Waals surface area contributed by atoms with Crippen LogP contribution >= 0.6 is 0 Å². The molecule has 0 saturated carbocycles. The zero-order valence-electron chi connectivity index (χ0n) is 15.2. The Morgan fingerprint density at radius 3 is 2.73 bits per heavy atom. The van der Waals surface area contributed by atoms with Gasteiger partial charge in [0.25, 0.3) is 0 Å². The van der Waals surface area contributed by atoms with Gasteiger partial charge in [-0.15, -0.1) is 0 Å². The summed E-state index contributed by atoms with van der Waals surface area (Å²) in [4.78, 5) is 12.4. The van der Waals surface area contributed by atoms with Crippen LogP contribution < -0.4 is 5.32 Å². The minimum absolute atomic E-state index is 0.0758. The van der Waals surface area contributed by atoms with Crippen LogP contribution in [0, 0.1) is 13.8 Å². The smallest absolute Gasteiger partial charge is 0.226 e. The van der Waals surface area contributed by atoms with E-state index in [-0.39, 0.29) is 29.4 Å². The topological polar surface area (TPSA) is 98.9 Å². The molecule has 1 fully saturated rings. The number of rotatable bonds is 3. The number of aromatic nitrogens is 4. The molecule has 140 valence electrons. The van der Waals surface area contributed by atoms with Gasteiger partial charge < -0.3 is 5.32 Å². The Hall–Kier alpha value is -2.16. The van der Waals surface area contributed by atoms with E-state index in [0.29, 0.717) is 18.7 Å². The predicted octanol–water partition coefficient (Wildman–Crippen LogP) is 1.55. The number of carbonyl (C=O) groups is 1. The molecule has 4 heterocycles. The zero-order valence-corrected chi connectivity index (χ0v) is 16.0. The predicted molar refractivity (Wildman–Crippen MR) is 97.0 cm³/mol. The van der Waals surface area contributed by atoms with Crippen LogP contribution in [0.2, 0.25) is 0 Å². The zero-order chi connectivity index (χ0) is 18.6. The molecule has 0 aliphatic carbocycles. The van der Waals surface area contributed by atoms with E-state index in [4.69, 9.17) is 0 Å². The fraction of sp³-hybridized carbons (Fsp3) is 0.588. The molecule has 2 aromatic heterocycles. The lowest BCUT2D eigenvalue weighted by Crippen LogP contribution is -2.26. The fourth-order valence-corrected chi connectivity index (χ4v) is 5.88. The summed E-state index contributed by atoms with van der Waals surface area (Å²) < 4.78 is 27.4. The fourth-order valence-electron chi connectivity index (χ4n) is 4.19. The second-order valence-corrected chi connectivity index (χ2v) is 9.38. The van der Waals surface area contributed by atoms with Gasteiger partial charge in [-0.1, -0.05) is 0 Å². The van der Waals surface area contributed by atoms with Gasteiger partial charge in [-0.05, 0) is 27.2 Å². The maximum Gasteiger partial charge on any atom is 0.226 e. The first kappa shape index (κ1) is 17.3. The first-order valence-corrected chi connectivity index (χ1v) is 10.7. The van der Waals surface area contributed by atoms with E-state index >= 15 is 0 Å². The van der Waals surface area contributed by atoms with E-state index in [0.717, 1.165) is 29.1 Å². The van der Waals surface area contributed by atoms with Crippen LogP contribution in [0.5, 0.6) is 0 Å². The summed E-state index contributed by atoms with van der Waals surface area (Å²) in [5.74, 6) is 0.715. The molecule has 0 radical (unpaired) electrons. The van der Waals surface area contributed by atoms with Crippen LogP contribution in [0.1, 0.15) is 54.2 Å². The highest BCUT2D eigenvalue weighted by molar-refractivity contribution is 7.91. The summed E-state index contributed by atoms with van der Waals surface area (Å²) in [6, 6.07) is -0.221. The molecule has 2 atom stereocenters. The summed E-state index contributed by atoms with van der Waals surface area (Å²) in [5, 5.41) is 12.0. The Balaban J connectivity index is 1.81. The monoisotopic (exact) mass is 377 g/mol. The molecule has 1 N–H and O–H groups in total. The lowest BCUT2D eigenvalue weighted by atomic mass is 9.86. The SMILES string of the molecule is CCn1ncc([C@@H]2CC(=O)Nc3c2c(C)nn3[C@@H]2CCS(=O)(=O)C2)c1C. The Kier molecular flexibility index (Phi) is 3.94. The van der Waals surface area contributed by atoms with Gasteiger partial charge in [0.1, 0.15) is 5.82 Å². The minimum Gasteiger partial charge on any atom is -0.311 e. The lowest BCUT2D eigenvalue weighted by molar-refractivity contribution is -0.116. The van der Waals surface area contributed by atoms with Crippen molar-refractivity contribution in [3.63, 3.8) is 0 Å². The number of nitrogens with zero attached hydrogens (tertiary/aromatic N) is 4. The summed E-state index contributed by atoms with van der Waals surface area (Å²) >= 11 is 0. The number of nitrogens with one attached hydrogen (secondary N) is 1. The second-order valence-electron chi connectivity index (χ2n) is 7.16. The normalized spacial score (nSPS) is 24.5. The molecule has 2 aliphatic rings. The molecular formula is C17H23N5O3S. The van der Waals surface area contributed by atoms with Gasteiger partial charge in [-0.2, -0.15) is 10.2 Å². The first-order chi connectivity index (χ1) is 12.3. The highest BCUT2D eigenvalue weighted by Gasteiger charge is 2.38. The molecule has 0 aromatic carbocycles. The molecular weight excluding hydrogens is 354 g/mol. The molecule has 26 heavy (non-hydrogen) atoms. The summed E-state index contributed by atoms with van der Waals surface area (Å²) in [7, 11) is -3.03. The third-order valence-electron chi connectivity index (χ3n) is 5.50. The van der Waals surface area contributed by atoms with Crippen LogP contribution in [0.25, 0.3) is 0 Å². The van der Waals surface area contributed by atoms with Crippen molar-refractivity contribution in [2.75, 3.05) is 16.8 Å². The Labute approximate surface area is 152 Å². The molecule has 0 bridgehead atoms. The van der Waals surface area contributed by atoms with Crippen molar-refractivity contribution in [2.24, 2.45) is 0 Å². The molecule has 0 spiro atoms. The number of sulfone groups is 1. The van der Waals surface area contributed by atoms with Gasteiger partial charge in [0, 0.05) is 35.7 Å². The van der Waals surface area contributed by atoms with E-state index in [1.165, 1.54) is 0 Å². The van der Waals surface area contributed by atoms with Crippen molar-refractivity contribution in [3.05, 3.63) is 28.7 Å². The Morgan fingerprint density at radius 2 is 2.12 bits per heavy atom. The van der Waals surface area contributed by atoms with Crippen LogP contribution in [0.3, 0.4) is 0 Å². The molecule has 0 unspecified atom stereocenters. The average molecular weight is 377 g/mol. The van der Waals surface area contributed by atoms with Gasteiger partial charge in [0.2, 0.25) is 5.91 Å². The van der Waals surface area contributed by atoms with Crippen molar-refractivity contribution < 1.29 is 13.2 Å². The Bertz CT molecular complexity index is 988. The van der Waals surface area contributed by atoms with Gasteiger partial charge in [0.05, 0.1) is 29.4 Å². The molecule has 1 amide bonds. The molecule has 4 rings (SSSR count). The molecule has 9 heteroatoms. The average Bonchev–Trinajstić information content (AvgIpc) is 3.22. The van der Waals surface area contributed by atoms with Gasteiger partial charge in [0.15, 0.2) is 9.84 Å². The van der Waals surface area contributed by atoms with Crippen LogP contribution in [-0.2, 0) is 21.2 Å². The number of hydrogen-bond donors (Lipinski definition) is 1. The van der Waals surface area contributed by atoms with Crippen molar-refractivity contribution in [3.8, 4) is 0 Å². The standard InChI is InChI=1S/C17H23N5O3S/c1-4-21-11(3)14(8-18-21)13-7-15(23)19-17-16(13)10(2)20-22(17)12-5-6-26(24,25)9-12/h8,12-13H,4-7,9H2,1-3H3,(H,19,23)/t12-,13+/m1/s1. The van der Waals surface area contributed by atoms with Crippen molar-refractivity contribution in [2.45, 2.75) is 52.1 Å². The number of anilines is 1. The molecule has 2 aliphatic heterocycles. The molecule has 1 saturated heterocycles. The van der Waals surface area contributed by atoms with E-state index in [1.54, 1.807) is 4.68 Å². The van der Waals surface area contributed by atoms with Crippen molar-refractivity contribution in [1.29, 1.82) is 0 Å². The van der Waals surface area contributed by atoms with Gasteiger partial charge >= 0.3 is 0 Å². The first-order valence-electron chi connectivity index (χ1n) is 8.92. The van der Waals surface area contributed by atoms with Gasteiger partial charge in [-0.25, -0.2) is 13.1 Å². The van der Waals surface area contributed by atoms with E-state index in [2.05, 4.69) is 15.5 Å². The van der Waals surface area contributed by atoms with Crippen LogP contribution in [0.15, 0.2) is 6.20 Å². The maximum atomic E-state index is 12.4. The summed E-state index contributed by atoms with van der Waals surface area (Å²) in [6.45, 7) is 6.74. The van der Waals surface area contributed by atoms with E-state index in [1.807, 2.05) is 31.6 Å². The lowest BCUT2D eigenvalue weighted by Gasteiger charge is -2.25. The number of hydrogen-bond acceptors (Lipinski definition) is 5. The van der Waals surface area contributed by atoms with Crippen molar-refractivity contribution >= 4 is 21.6 Å². The van der Waals surface area contributed by atoms with Crippen molar-refractivity contribution in [1.82, 2.24) is 19.6 Å². The second kappa shape index (κ2) is 5.94. The highest BCUT2D eigenvalue weighted by atomic mass is 32.2. The van der Waals surface area contributed by atoms with Crippen LogP contribution in [-0.4, -0.2) is 45.4 Å². The molecule has 2 aromatic rings.